The van der Waals surface area contributed by atoms with Gasteiger partial charge in [-0.25, -0.2) is 4.79 Å². The Morgan fingerprint density at radius 1 is 1.12 bits per heavy atom. The molecule has 2 aromatic rings. The first-order chi connectivity index (χ1) is 11.6. The predicted octanol–water partition coefficient (Wildman–Crippen LogP) is 2.36. The van der Waals surface area contributed by atoms with Gasteiger partial charge in [0.15, 0.2) is 0 Å². The standard InChI is InChI=1S/C19H16N2O3/c1-23-13-9-7-12(8-10-13)19(11-20)15-6-4-3-5-14(15)17(21)16(19)18(22)24-2/h3-10H,21H2,1-2H3. The molecule has 0 aromatic heterocycles. The number of hydrogen-bond donors (Lipinski definition) is 1. The molecule has 1 atom stereocenters. The van der Waals surface area contributed by atoms with Crippen molar-refractivity contribution in [2.24, 2.45) is 5.73 Å². The molecular weight excluding hydrogens is 304 g/mol. The van der Waals surface area contributed by atoms with Crippen LogP contribution >= 0.6 is 0 Å². The van der Waals surface area contributed by atoms with E-state index in [4.69, 9.17) is 15.2 Å². The Kier molecular flexibility index (Phi) is 3.74. The zero-order chi connectivity index (χ0) is 17.3. The molecule has 0 aliphatic heterocycles. The number of rotatable bonds is 3. The first kappa shape index (κ1) is 15.6. The normalized spacial score (nSPS) is 18.7. The lowest BCUT2D eigenvalue weighted by molar-refractivity contribution is -0.136. The number of fused-ring (bicyclic) bond motifs is 1. The summed E-state index contributed by atoms with van der Waals surface area (Å²) in [7, 11) is 2.85. The van der Waals surface area contributed by atoms with E-state index in [-0.39, 0.29) is 11.3 Å². The minimum Gasteiger partial charge on any atom is -0.497 e. The summed E-state index contributed by atoms with van der Waals surface area (Å²) >= 11 is 0. The molecule has 0 radical (unpaired) electrons. The van der Waals surface area contributed by atoms with Gasteiger partial charge < -0.3 is 15.2 Å². The van der Waals surface area contributed by atoms with Crippen LogP contribution in [0.25, 0.3) is 5.70 Å². The quantitative estimate of drug-likeness (QED) is 0.878. The second kappa shape index (κ2) is 5.74. The molecule has 0 fully saturated rings. The van der Waals surface area contributed by atoms with Crippen LogP contribution in [-0.2, 0) is 14.9 Å². The first-order valence-electron chi connectivity index (χ1n) is 7.34. The van der Waals surface area contributed by atoms with E-state index >= 15 is 0 Å². The van der Waals surface area contributed by atoms with E-state index in [1.807, 2.05) is 18.2 Å². The number of hydrogen-bond acceptors (Lipinski definition) is 5. The molecule has 120 valence electrons. The summed E-state index contributed by atoms with van der Waals surface area (Å²) in [6.45, 7) is 0. The zero-order valence-electron chi connectivity index (χ0n) is 13.4. The molecule has 2 aromatic carbocycles. The lowest BCUT2D eigenvalue weighted by Crippen LogP contribution is -2.31. The van der Waals surface area contributed by atoms with E-state index in [2.05, 4.69) is 6.07 Å². The molecule has 0 spiro atoms. The highest BCUT2D eigenvalue weighted by atomic mass is 16.5. The highest BCUT2D eigenvalue weighted by Gasteiger charge is 2.50. The molecule has 1 aliphatic carbocycles. The topological polar surface area (TPSA) is 85.3 Å². The lowest BCUT2D eigenvalue weighted by atomic mass is 9.73. The van der Waals surface area contributed by atoms with Gasteiger partial charge in [0.25, 0.3) is 0 Å². The molecule has 5 nitrogen and oxygen atoms in total. The van der Waals surface area contributed by atoms with Gasteiger partial charge in [0, 0.05) is 5.56 Å². The highest BCUT2D eigenvalue weighted by Crippen LogP contribution is 2.49. The SMILES string of the molecule is COC(=O)C1=C(N)c2ccccc2C1(C#N)c1ccc(OC)cc1. The second-order valence-corrected chi connectivity index (χ2v) is 5.42. The monoisotopic (exact) mass is 320 g/mol. The van der Waals surface area contributed by atoms with Gasteiger partial charge in [0.2, 0.25) is 0 Å². The molecule has 24 heavy (non-hydrogen) atoms. The number of nitrogens with two attached hydrogens (primary N) is 1. The van der Waals surface area contributed by atoms with E-state index < -0.39 is 11.4 Å². The van der Waals surface area contributed by atoms with Crippen molar-refractivity contribution in [1.29, 1.82) is 5.26 Å². The fourth-order valence-corrected chi connectivity index (χ4v) is 3.20. The van der Waals surface area contributed by atoms with Gasteiger partial charge in [-0.3, -0.25) is 0 Å². The molecule has 3 rings (SSSR count). The maximum Gasteiger partial charge on any atom is 0.338 e. The van der Waals surface area contributed by atoms with E-state index in [1.54, 1.807) is 37.4 Å². The summed E-state index contributed by atoms with van der Waals surface area (Å²) in [6, 6.07) is 16.6. The van der Waals surface area contributed by atoms with Crippen LogP contribution in [-0.4, -0.2) is 20.2 Å². The number of esters is 1. The third-order valence-corrected chi connectivity index (χ3v) is 4.35. The van der Waals surface area contributed by atoms with Gasteiger partial charge in [0.1, 0.15) is 11.2 Å². The molecule has 0 bridgehead atoms. The summed E-state index contributed by atoms with van der Waals surface area (Å²) in [6.07, 6.45) is 0. The van der Waals surface area contributed by atoms with Crippen LogP contribution in [0.15, 0.2) is 54.1 Å². The van der Waals surface area contributed by atoms with Crippen LogP contribution < -0.4 is 10.5 Å². The van der Waals surface area contributed by atoms with Crippen molar-refractivity contribution >= 4 is 11.7 Å². The number of ether oxygens (including phenoxy) is 2. The van der Waals surface area contributed by atoms with E-state index in [1.165, 1.54) is 7.11 Å². The van der Waals surface area contributed by atoms with Crippen LogP contribution in [0.3, 0.4) is 0 Å². The number of methoxy groups -OCH3 is 2. The van der Waals surface area contributed by atoms with Crippen molar-refractivity contribution in [3.05, 3.63) is 70.8 Å². The average molecular weight is 320 g/mol. The van der Waals surface area contributed by atoms with Crippen LogP contribution in [0.5, 0.6) is 5.75 Å². The van der Waals surface area contributed by atoms with Gasteiger partial charge in [-0.1, -0.05) is 36.4 Å². The maximum atomic E-state index is 12.4. The molecule has 5 heteroatoms. The number of carbonyl (C=O) groups excluding carboxylic acids is 1. The lowest BCUT2D eigenvalue weighted by Gasteiger charge is -2.25. The number of nitrogens with zero attached hydrogens (tertiary/aromatic N) is 1. The predicted molar refractivity (Wildman–Crippen MR) is 89.0 cm³/mol. The fourth-order valence-electron chi connectivity index (χ4n) is 3.20. The van der Waals surface area contributed by atoms with Crippen molar-refractivity contribution in [2.75, 3.05) is 14.2 Å². The summed E-state index contributed by atoms with van der Waals surface area (Å²) in [5, 5.41) is 10.1. The summed E-state index contributed by atoms with van der Waals surface area (Å²) in [4.78, 5) is 12.4. The molecule has 0 saturated heterocycles. The fraction of sp³-hybridized carbons (Fsp3) is 0.158. The molecular formula is C19H16N2O3. The molecule has 0 heterocycles. The summed E-state index contributed by atoms with van der Waals surface area (Å²) in [5.41, 5.74) is 7.32. The van der Waals surface area contributed by atoms with E-state index in [9.17, 15) is 10.1 Å². The van der Waals surface area contributed by atoms with Gasteiger partial charge in [-0.2, -0.15) is 5.26 Å². The van der Waals surface area contributed by atoms with Crippen LogP contribution in [0.1, 0.15) is 16.7 Å². The molecule has 0 amide bonds. The number of benzene rings is 2. The zero-order valence-corrected chi connectivity index (χ0v) is 13.4. The largest absolute Gasteiger partial charge is 0.497 e. The third-order valence-electron chi connectivity index (χ3n) is 4.35. The second-order valence-electron chi connectivity index (χ2n) is 5.42. The Morgan fingerprint density at radius 3 is 2.38 bits per heavy atom. The van der Waals surface area contributed by atoms with Crippen LogP contribution in [0, 0.1) is 11.3 Å². The van der Waals surface area contributed by atoms with Gasteiger partial charge >= 0.3 is 5.97 Å². The van der Waals surface area contributed by atoms with Crippen LogP contribution in [0.2, 0.25) is 0 Å². The Bertz CT molecular complexity index is 878. The Balaban J connectivity index is 2.34. The maximum absolute atomic E-state index is 12.4. The molecule has 2 N–H and O–H groups in total. The van der Waals surface area contributed by atoms with Gasteiger partial charge in [-0.05, 0) is 23.3 Å². The van der Waals surface area contributed by atoms with Gasteiger partial charge in [0.05, 0.1) is 31.6 Å². The average Bonchev–Trinajstić information content (AvgIpc) is 2.91. The molecule has 1 unspecified atom stereocenters. The van der Waals surface area contributed by atoms with Crippen molar-refractivity contribution < 1.29 is 14.3 Å². The summed E-state index contributed by atoms with van der Waals surface area (Å²) in [5.74, 6) is 0.0516. The molecule has 1 aliphatic rings. The Labute approximate surface area is 139 Å². The van der Waals surface area contributed by atoms with Crippen molar-refractivity contribution in [1.82, 2.24) is 0 Å². The Hall–Kier alpha value is -3.26. The minimum atomic E-state index is -1.31. The number of nitriles is 1. The van der Waals surface area contributed by atoms with Crippen molar-refractivity contribution in [2.45, 2.75) is 5.41 Å². The minimum absolute atomic E-state index is 0.152. The van der Waals surface area contributed by atoms with Gasteiger partial charge in [-0.15, -0.1) is 0 Å². The first-order valence-corrected chi connectivity index (χ1v) is 7.34. The van der Waals surface area contributed by atoms with E-state index in [0.29, 0.717) is 22.4 Å². The summed E-state index contributed by atoms with van der Waals surface area (Å²) < 4.78 is 10.1. The van der Waals surface area contributed by atoms with Crippen LogP contribution in [0.4, 0.5) is 0 Å². The van der Waals surface area contributed by atoms with Crippen molar-refractivity contribution in [3.8, 4) is 11.8 Å². The van der Waals surface area contributed by atoms with E-state index in [0.717, 1.165) is 0 Å². The number of carbonyl (C=O) groups is 1. The highest BCUT2D eigenvalue weighted by molar-refractivity contribution is 6.05. The third kappa shape index (κ3) is 1.97. The smallest absolute Gasteiger partial charge is 0.338 e. The Morgan fingerprint density at radius 2 is 1.79 bits per heavy atom. The van der Waals surface area contributed by atoms with Crippen molar-refractivity contribution in [3.63, 3.8) is 0 Å². The molecule has 0 saturated carbocycles.